The lowest BCUT2D eigenvalue weighted by atomic mass is 10.2. The van der Waals surface area contributed by atoms with Crippen LogP contribution in [-0.4, -0.2) is 27.3 Å². The Kier molecular flexibility index (Phi) is 5.42. The summed E-state index contributed by atoms with van der Waals surface area (Å²) in [5, 5.41) is 11.5. The minimum Gasteiger partial charge on any atom is -0.311 e. The van der Waals surface area contributed by atoms with E-state index < -0.39 is 0 Å². The zero-order valence-electron chi connectivity index (χ0n) is 11.5. The van der Waals surface area contributed by atoms with Crippen molar-refractivity contribution in [1.29, 1.82) is 0 Å². The van der Waals surface area contributed by atoms with Gasteiger partial charge >= 0.3 is 0 Å². The normalized spacial score (nSPS) is 10.8. The van der Waals surface area contributed by atoms with Crippen molar-refractivity contribution in [1.82, 2.24) is 20.3 Å². The van der Waals surface area contributed by atoms with Crippen LogP contribution >= 0.6 is 11.8 Å². The molecule has 5 heteroatoms. The number of rotatable bonds is 7. The summed E-state index contributed by atoms with van der Waals surface area (Å²) in [4.78, 5) is 1.30. The van der Waals surface area contributed by atoms with Crippen LogP contribution in [0.15, 0.2) is 35.4 Å². The fourth-order valence-electron chi connectivity index (χ4n) is 1.67. The van der Waals surface area contributed by atoms with Crippen LogP contribution in [0.1, 0.15) is 18.2 Å². The highest BCUT2D eigenvalue weighted by atomic mass is 32.2. The van der Waals surface area contributed by atoms with Gasteiger partial charge in [-0.2, -0.15) is 0 Å². The average Bonchev–Trinajstić information content (AvgIpc) is 2.87. The van der Waals surface area contributed by atoms with Gasteiger partial charge in [0.25, 0.3) is 0 Å². The number of aryl methyl sites for hydroxylation is 2. The van der Waals surface area contributed by atoms with Crippen molar-refractivity contribution >= 4 is 11.8 Å². The molecule has 1 aromatic carbocycles. The molecule has 0 atom stereocenters. The fraction of sp³-hybridized carbons (Fsp3) is 0.429. The zero-order chi connectivity index (χ0) is 13.5. The highest BCUT2D eigenvalue weighted by molar-refractivity contribution is 7.99. The van der Waals surface area contributed by atoms with Crippen LogP contribution in [0, 0.1) is 6.92 Å². The van der Waals surface area contributed by atoms with Crippen molar-refractivity contribution in [2.24, 2.45) is 0 Å². The Balaban J connectivity index is 1.76. The molecule has 0 aliphatic heterocycles. The Morgan fingerprint density at radius 3 is 2.79 bits per heavy atom. The summed E-state index contributed by atoms with van der Waals surface area (Å²) in [6.07, 6.45) is 2.01. The van der Waals surface area contributed by atoms with E-state index in [0.29, 0.717) is 0 Å². The Labute approximate surface area is 118 Å². The summed E-state index contributed by atoms with van der Waals surface area (Å²) in [5.74, 6) is 1.01. The molecule has 4 nitrogen and oxygen atoms in total. The Morgan fingerprint density at radius 2 is 2.05 bits per heavy atom. The van der Waals surface area contributed by atoms with Gasteiger partial charge in [-0.25, -0.2) is 0 Å². The fourth-order valence-corrected chi connectivity index (χ4v) is 2.52. The Hall–Kier alpha value is -1.33. The smallest absolute Gasteiger partial charge is 0.0964 e. The number of benzene rings is 1. The minimum atomic E-state index is 0.793. The molecule has 1 N–H and O–H groups in total. The van der Waals surface area contributed by atoms with Crippen molar-refractivity contribution in [2.45, 2.75) is 31.8 Å². The molecule has 0 bridgehead atoms. The second-order valence-electron chi connectivity index (χ2n) is 4.41. The van der Waals surface area contributed by atoms with Gasteiger partial charge in [0, 0.05) is 23.4 Å². The summed E-state index contributed by atoms with van der Waals surface area (Å²) < 4.78 is 1.91. The van der Waals surface area contributed by atoms with E-state index in [1.54, 1.807) is 0 Å². The molecule has 0 saturated heterocycles. The first-order valence-corrected chi connectivity index (χ1v) is 7.55. The van der Waals surface area contributed by atoms with Crippen LogP contribution in [-0.2, 0) is 13.1 Å². The van der Waals surface area contributed by atoms with Crippen LogP contribution in [0.5, 0.6) is 0 Å². The SMILES string of the molecule is CCNCc1cn(CCSc2ccc(C)cc2)nn1. The molecule has 1 aromatic heterocycles. The number of aromatic nitrogens is 3. The molecule has 1 heterocycles. The first kappa shape index (κ1) is 14.1. The van der Waals surface area contributed by atoms with Gasteiger partial charge in [-0.1, -0.05) is 29.8 Å². The highest BCUT2D eigenvalue weighted by Crippen LogP contribution is 2.18. The van der Waals surface area contributed by atoms with Crippen LogP contribution in [0.3, 0.4) is 0 Å². The van der Waals surface area contributed by atoms with Gasteiger partial charge in [0.15, 0.2) is 0 Å². The van der Waals surface area contributed by atoms with Crippen LogP contribution < -0.4 is 5.32 Å². The maximum Gasteiger partial charge on any atom is 0.0964 e. The van der Waals surface area contributed by atoms with Crippen molar-refractivity contribution in [3.63, 3.8) is 0 Å². The van der Waals surface area contributed by atoms with E-state index in [9.17, 15) is 0 Å². The monoisotopic (exact) mass is 276 g/mol. The molecule has 2 rings (SSSR count). The third-order valence-corrected chi connectivity index (χ3v) is 3.74. The topological polar surface area (TPSA) is 42.7 Å². The molecule has 0 spiro atoms. The molecule has 2 aromatic rings. The molecule has 0 saturated carbocycles. The molecule has 0 radical (unpaired) electrons. The van der Waals surface area contributed by atoms with E-state index in [1.165, 1.54) is 10.5 Å². The van der Waals surface area contributed by atoms with Crippen molar-refractivity contribution in [2.75, 3.05) is 12.3 Å². The maximum atomic E-state index is 4.13. The third kappa shape index (κ3) is 4.69. The Morgan fingerprint density at radius 1 is 1.26 bits per heavy atom. The number of hydrogen-bond acceptors (Lipinski definition) is 4. The standard InChI is InChI=1S/C14H20N4S/c1-3-15-10-13-11-18(17-16-13)8-9-19-14-6-4-12(2)5-7-14/h4-7,11,15H,3,8-10H2,1-2H3. The van der Waals surface area contributed by atoms with E-state index in [1.807, 2.05) is 22.6 Å². The molecule has 0 amide bonds. The number of nitrogens with zero attached hydrogens (tertiary/aromatic N) is 3. The lowest BCUT2D eigenvalue weighted by Gasteiger charge is -2.02. The van der Waals surface area contributed by atoms with Gasteiger partial charge in [-0.3, -0.25) is 4.68 Å². The van der Waals surface area contributed by atoms with Gasteiger partial charge < -0.3 is 5.32 Å². The lowest BCUT2D eigenvalue weighted by molar-refractivity contribution is 0.631. The molecule has 19 heavy (non-hydrogen) atoms. The molecule has 102 valence electrons. The maximum absolute atomic E-state index is 4.13. The lowest BCUT2D eigenvalue weighted by Crippen LogP contribution is -2.11. The predicted octanol–water partition coefficient (Wildman–Crippen LogP) is 2.49. The molecule has 0 unspecified atom stereocenters. The third-order valence-electron chi connectivity index (χ3n) is 2.75. The van der Waals surface area contributed by atoms with E-state index in [4.69, 9.17) is 0 Å². The molecule has 0 aliphatic carbocycles. The summed E-state index contributed by atoms with van der Waals surface area (Å²) in [7, 11) is 0. The predicted molar refractivity (Wildman–Crippen MR) is 79.3 cm³/mol. The quantitative estimate of drug-likeness (QED) is 0.789. The highest BCUT2D eigenvalue weighted by Gasteiger charge is 2.00. The zero-order valence-corrected chi connectivity index (χ0v) is 12.3. The van der Waals surface area contributed by atoms with Crippen LogP contribution in [0.25, 0.3) is 0 Å². The second kappa shape index (κ2) is 7.31. The summed E-state index contributed by atoms with van der Waals surface area (Å²) in [6, 6.07) is 8.62. The van der Waals surface area contributed by atoms with Gasteiger partial charge in [0.1, 0.15) is 0 Å². The van der Waals surface area contributed by atoms with Crippen LogP contribution in [0.2, 0.25) is 0 Å². The van der Waals surface area contributed by atoms with E-state index in [-0.39, 0.29) is 0 Å². The van der Waals surface area contributed by atoms with Crippen molar-refractivity contribution in [3.8, 4) is 0 Å². The van der Waals surface area contributed by atoms with Gasteiger partial charge in [0.2, 0.25) is 0 Å². The minimum absolute atomic E-state index is 0.793. The first-order valence-electron chi connectivity index (χ1n) is 6.57. The number of nitrogens with one attached hydrogen (secondary N) is 1. The Bertz CT molecular complexity index is 492. The summed E-state index contributed by atoms with van der Waals surface area (Å²) in [5.41, 5.74) is 2.30. The number of hydrogen-bond donors (Lipinski definition) is 1. The van der Waals surface area contributed by atoms with E-state index in [2.05, 4.69) is 53.7 Å². The van der Waals surface area contributed by atoms with Crippen LogP contribution in [0.4, 0.5) is 0 Å². The largest absolute Gasteiger partial charge is 0.311 e. The molecular formula is C14H20N4S. The number of thioether (sulfide) groups is 1. The second-order valence-corrected chi connectivity index (χ2v) is 5.58. The summed E-state index contributed by atoms with van der Waals surface area (Å²) in [6.45, 7) is 6.83. The van der Waals surface area contributed by atoms with Crippen molar-refractivity contribution < 1.29 is 0 Å². The first-order chi connectivity index (χ1) is 9.28. The summed E-state index contributed by atoms with van der Waals surface area (Å²) >= 11 is 1.85. The van der Waals surface area contributed by atoms with Gasteiger partial charge in [-0.05, 0) is 25.6 Å². The van der Waals surface area contributed by atoms with E-state index in [0.717, 1.165) is 31.1 Å². The molecule has 0 fully saturated rings. The average molecular weight is 276 g/mol. The van der Waals surface area contributed by atoms with Gasteiger partial charge in [0.05, 0.1) is 12.2 Å². The van der Waals surface area contributed by atoms with E-state index >= 15 is 0 Å². The van der Waals surface area contributed by atoms with Crippen molar-refractivity contribution in [3.05, 3.63) is 41.7 Å². The molecule has 0 aliphatic rings. The molecular weight excluding hydrogens is 256 g/mol. The van der Waals surface area contributed by atoms with Gasteiger partial charge in [-0.15, -0.1) is 16.9 Å².